The molecule has 0 heterocycles. The van der Waals surface area contributed by atoms with E-state index in [9.17, 15) is 43.2 Å². The largest absolute Gasteiger partial charge is 0.472 e. The number of aliphatic hydroxyl groups is 1. The van der Waals surface area contributed by atoms with Crippen molar-refractivity contribution in [1.29, 1.82) is 0 Å². The number of rotatable bonds is 73. The maximum absolute atomic E-state index is 13.1. The second-order valence-corrected chi connectivity index (χ2v) is 31.4. The molecule has 0 saturated heterocycles. The monoisotopic (exact) mass is 1380 g/mol. The zero-order valence-corrected chi connectivity index (χ0v) is 63.2. The minimum Gasteiger partial charge on any atom is -0.462 e. The number of aliphatic hydroxyl groups excluding tert-OH is 1. The molecule has 0 bridgehead atoms. The van der Waals surface area contributed by atoms with Crippen LogP contribution in [0.1, 0.15) is 382 Å². The SMILES string of the molecule is CCCCCCCCCCCC(=O)OC[C@H](COP(=O)(O)OC[C@H](O)COP(=O)(O)OC[C@@H](COC(=O)CCCCCCCCCCCC(C)C)OC(=O)CCCCCCCCCCCCCCCCCCCCC(C)C)OC(=O)CCCCCCCCCCCC(C)C. The fraction of sp³-hybridized carbons (Fsp3) is 0.947. The van der Waals surface area contributed by atoms with Crippen molar-refractivity contribution < 1.29 is 80.2 Å². The molecule has 3 N–H and O–H groups in total. The van der Waals surface area contributed by atoms with Gasteiger partial charge in [0.15, 0.2) is 12.2 Å². The van der Waals surface area contributed by atoms with Crippen LogP contribution in [0.15, 0.2) is 0 Å². The summed E-state index contributed by atoms with van der Waals surface area (Å²) in [5.74, 6) is 0.179. The highest BCUT2D eigenvalue weighted by molar-refractivity contribution is 7.47. The first-order valence-corrected chi connectivity index (χ1v) is 41.8. The molecule has 0 aliphatic carbocycles. The third-order valence-corrected chi connectivity index (χ3v) is 19.3. The van der Waals surface area contributed by atoms with Crippen LogP contribution < -0.4 is 0 Å². The van der Waals surface area contributed by atoms with Crippen molar-refractivity contribution in [3.8, 4) is 0 Å². The standard InChI is InChI=1S/C75H146O17P2/c1-8-9-10-11-12-25-35-42-49-56-72(77)85-62-70(92-75(80)59-52-45-38-31-24-28-34-41-48-55-68(6)7)64-89-93(81,82)87-60-69(76)61-88-94(83,84)90-65-71(63-86-73(78)57-50-43-36-30-23-27-33-40-47-54-67(4)5)91-74(79)58-51-44-37-29-22-20-18-16-14-13-15-17-19-21-26-32-39-46-53-66(2)3/h66-71,76H,8-65H2,1-7H3,(H,81,82)(H,83,84)/t69-,70+,71+/m0/s1. The lowest BCUT2D eigenvalue weighted by atomic mass is 10.0. The molecule has 0 saturated carbocycles. The number of hydrogen-bond acceptors (Lipinski definition) is 15. The number of carbonyl (C=O) groups is 4. The van der Waals surface area contributed by atoms with Gasteiger partial charge in [-0.05, 0) is 43.4 Å². The molecule has 2 unspecified atom stereocenters. The molecule has 0 fully saturated rings. The van der Waals surface area contributed by atoms with E-state index in [0.29, 0.717) is 25.7 Å². The average Bonchev–Trinajstić information content (AvgIpc) is 1.30. The molecular weight excluding hydrogens is 1230 g/mol. The highest BCUT2D eigenvalue weighted by Gasteiger charge is 2.30. The minimum absolute atomic E-state index is 0.105. The van der Waals surface area contributed by atoms with Gasteiger partial charge >= 0.3 is 39.5 Å². The van der Waals surface area contributed by atoms with E-state index in [1.165, 1.54) is 193 Å². The molecule has 0 spiro atoms. The van der Waals surface area contributed by atoms with Gasteiger partial charge in [-0.1, -0.05) is 331 Å². The molecule has 0 aromatic rings. The van der Waals surface area contributed by atoms with Gasteiger partial charge in [0.25, 0.3) is 0 Å². The molecule has 0 rings (SSSR count). The summed E-state index contributed by atoms with van der Waals surface area (Å²) in [6.45, 7) is 11.9. The third kappa shape index (κ3) is 68.6. The lowest BCUT2D eigenvalue weighted by Gasteiger charge is -2.21. The van der Waals surface area contributed by atoms with Crippen molar-refractivity contribution >= 4 is 39.5 Å². The smallest absolute Gasteiger partial charge is 0.462 e. The predicted molar refractivity (Wildman–Crippen MR) is 381 cm³/mol. The second-order valence-electron chi connectivity index (χ2n) is 28.5. The number of phosphoric ester groups is 2. The summed E-state index contributed by atoms with van der Waals surface area (Å²) in [4.78, 5) is 72.7. The minimum atomic E-state index is -4.96. The number of ether oxygens (including phenoxy) is 4. The van der Waals surface area contributed by atoms with Crippen LogP contribution in [0, 0.1) is 17.8 Å². The van der Waals surface area contributed by atoms with E-state index in [-0.39, 0.29) is 25.7 Å². The van der Waals surface area contributed by atoms with E-state index < -0.39 is 97.5 Å². The molecule has 0 radical (unpaired) electrons. The van der Waals surface area contributed by atoms with Gasteiger partial charge in [-0.2, -0.15) is 0 Å². The highest BCUT2D eigenvalue weighted by Crippen LogP contribution is 2.45. The number of unbranched alkanes of at least 4 members (excludes halogenated alkanes) is 41. The van der Waals surface area contributed by atoms with Crippen LogP contribution in [0.25, 0.3) is 0 Å². The Balaban J connectivity index is 5.18. The van der Waals surface area contributed by atoms with E-state index in [0.717, 1.165) is 108 Å². The van der Waals surface area contributed by atoms with Crippen LogP contribution in [-0.4, -0.2) is 96.7 Å². The second kappa shape index (κ2) is 65.7. The number of hydrogen-bond donors (Lipinski definition) is 3. The Morgan fingerprint density at radius 1 is 0.287 bits per heavy atom. The van der Waals surface area contributed by atoms with E-state index in [4.69, 9.17) is 37.0 Å². The molecule has 19 heteroatoms. The molecule has 0 aliphatic rings. The normalized spacial score (nSPS) is 14.1. The summed E-state index contributed by atoms with van der Waals surface area (Å²) in [6, 6.07) is 0. The summed E-state index contributed by atoms with van der Waals surface area (Å²) in [6.07, 6.45) is 51.5. The Hall–Kier alpha value is -1.94. The quantitative estimate of drug-likeness (QED) is 0.0222. The van der Waals surface area contributed by atoms with Crippen molar-refractivity contribution in [2.45, 2.75) is 401 Å². The molecule has 0 aliphatic heterocycles. The van der Waals surface area contributed by atoms with Gasteiger partial charge in [0.05, 0.1) is 26.4 Å². The van der Waals surface area contributed by atoms with Crippen LogP contribution in [-0.2, 0) is 65.4 Å². The molecule has 0 aromatic carbocycles. The van der Waals surface area contributed by atoms with Crippen LogP contribution >= 0.6 is 15.6 Å². The Bertz CT molecular complexity index is 1840. The predicted octanol–water partition coefficient (Wildman–Crippen LogP) is 21.8. The molecular formula is C75H146O17P2. The maximum atomic E-state index is 13.1. The fourth-order valence-electron chi connectivity index (χ4n) is 11.4. The lowest BCUT2D eigenvalue weighted by Crippen LogP contribution is -2.30. The Labute approximate surface area is 575 Å². The van der Waals surface area contributed by atoms with Gasteiger partial charge in [-0.25, -0.2) is 9.13 Å². The van der Waals surface area contributed by atoms with Crippen molar-refractivity contribution in [3.63, 3.8) is 0 Å². The van der Waals surface area contributed by atoms with E-state index in [2.05, 4.69) is 48.5 Å². The highest BCUT2D eigenvalue weighted by atomic mass is 31.2. The van der Waals surface area contributed by atoms with Gasteiger partial charge < -0.3 is 33.8 Å². The van der Waals surface area contributed by atoms with Gasteiger partial charge in [-0.3, -0.25) is 37.3 Å². The first-order valence-electron chi connectivity index (χ1n) is 38.8. The zero-order chi connectivity index (χ0) is 69.4. The molecule has 0 amide bonds. The molecule has 94 heavy (non-hydrogen) atoms. The Morgan fingerprint density at radius 2 is 0.489 bits per heavy atom. The Kier molecular flexibility index (Phi) is 64.3. The van der Waals surface area contributed by atoms with Crippen LogP contribution in [0.5, 0.6) is 0 Å². The first kappa shape index (κ1) is 92.1. The van der Waals surface area contributed by atoms with Gasteiger partial charge in [0.1, 0.15) is 19.3 Å². The molecule has 558 valence electrons. The Morgan fingerprint density at radius 3 is 0.723 bits per heavy atom. The summed E-state index contributed by atoms with van der Waals surface area (Å²) >= 11 is 0. The molecule has 5 atom stereocenters. The summed E-state index contributed by atoms with van der Waals surface area (Å²) in [7, 11) is -9.91. The van der Waals surface area contributed by atoms with Crippen molar-refractivity contribution in [2.24, 2.45) is 17.8 Å². The van der Waals surface area contributed by atoms with Crippen molar-refractivity contribution in [1.82, 2.24) is 0 Å². The number of carbonyl (C=O) groups excluding carboxylic acids is 4. The van der Waals surface area contributed by atoms with Crippen molar-refractivity contribution in [3.05, 3.63) is 0 Å². The molecule has 0 aromatic heterocycles. The zero-order valence-electron chi connectivity index (χ0n) is 61.4. The van der Waals surface area contributed by atoms with Crippen LogP contribution in [0.2, 0.25) is 0 Å². The number of phosphoric acid groups is 2. The van der Waals surface area contributed by atoms with Crippen molar-refractivity contribution in [2.75, 3.05) is 39.6 Å². The van der Waals surface area contributed by atoms with Crippen LogP contribution in [0.4, 0.5) is 0 Å². The topological polar surface area (TPSA) is 237 Å². The third-order valence-electron chi connectivity index (χ3n) is 17.4. The molecule has 17 nitrogen and oxygen atoms in total. The van der Waals surface area contributed by atoms with Gasteiger partial charge in [-0.15, -0.1) is 0 Å². The van der Waals surface area contributed by atoms with Gasteiger partial charge in [0.2, 0.25) is 0 Å². The summed E-state index contributed by atoms with van der Waals surface area (Å²) < 4.78 is 68.4. The maximum Gasteiger partial charge on any atom is 0.472 e. The first-order chi connectivity index (χ1) is 45.2. The fourth-order valence-corrected chi connectivity index (χ4v) is 13.0. The van der Waals surface area contributed by atoms with E-state index >= 15 is 0 Å². The summed E-state index contributed by atoms with van der Waals surface area (Å²) in [5.41, 5.74) is 0. The summed E-state index contributed by atoms with van der Waals surface area (Å²) in [5, 5.41) is 10.6. The van der Waals surface area contributed by atoms with E-state index in [1.807, 2.05) is 0 Å². The lowest BCUT2D eigenvalue weighted by molar-refractivity contribution is -0.161. The average molecular weight is 1380 g/mol. The van der Waals surface area contributed by atoms with Gasteiger partial charge in [0, 0.05) is 25.7 Å². The van der Waals surface area contributed by atoms with E-state index in [1.54, 1.807) is 0 Å². The number of esters is 4. The van der Waals surface area contributed by atoms with Crippen LogP contribution in [0.3, 0.4) is 0 Å².